The van der Waals surface area contributed by atoms with Crippen LogP contribution < -0.4 is 5.32 Å². The normalized spacial score (nSPS) is 20.7. The topological polar surface area (TPSA) is 88.0 Å². The second-order valence-corrected chi connectivity index (χ2v) is 7.16. The fraction of sp³-hybridized carbons (Fsp3) is 0.238. The van der Waals surface area contributed by atoms with Gasteiger partial charge in [-0.2, -0.15) is 0 Å². The molecule has 148 valence electrons. The molecule has 0 unspecified atom stereocenters. The summed E-state index contributed by atoms with van der Waals surface area (Å²) >= 11 is 0. The highest BCUT2D eigenvalue weighted by molar-refractivity contribution is 5.89. The number of halogens is 2. The van der Waals surface area contributed by atoms with Crippen molar-refractivity contribution in [2.75, 3.05) is 11.9 Å². The van der Waals surface area contributed by atoms with Crippen molar-refractivity contribution >= 4 is 11.8 Å². The Hall–Kier alpha value is -3.42. The van der Waals surface area contributed by atoms with Gasteiger partial charge in [-0.25, -0.2) is 13.6 Å². The van der Waals surface area contributed by atoms with Gasteiger partial charge in [0.05, 0.1) is 17.0 Å². The Balaban J connectivity index is 1.50. The van der Waals surface area contributed by atoms with Crippen molar-refractivity contribution in [3.63, 3.8) is 0 Å². The summed E-state index contributed by atoms with van der Waals surface area (Å²) in [6, 6.07) is 12.7. The lowest BCUT2D eigenvalue weighted by molar-refractivity contribution is 0.0697. The van der Waals surface area contributed by atoms with Gasteiger partial charge in [0.15, 0.2) is 0 Å². The van der Waals surface area contributed by atoms with E-state index in [1.807, 2.05) is 0 Å². The van der Waals surface area contributed by atoms with E-state index in [0.29, 0.717) is 17.1 Å². The molecule has 0 aliphatic heterocycles. The molecule has 0 bridgehead atoms. The molecule has 1 fully saturated rings. The number of carboxylic acids is 1. The molecule has 0 spiro atoms. The fourth-order valence-electron chi connectivity index (χ4n) is 3.64. The monoisotopic (exact) mass is 396 g/mol. The van der Waals surface area contributed by atoms with Gasteiger partial charge in [0.25, 0.3) is 0 Å². The largest absolute Gasteiger partial charge is 0.478 e. The first kappa shape index (κ1) is 18.9. The van der Waals surface area contributed by atoms with E-state index < -0.39 is 23.4 Å². The third-order valence-electron chi connectivity index (χ3n) is 5.16. The third-order valence-corrected chi connectivity index (χ3v) is 5.16. The molecule has 1 aliphatic carbocycles. The number of carbonyl (C=O) groups is 1. The molecular formula is C21H18F2N4O2. The number of pyridine rings is 1. The molecule has 0 saturated heterocycles. The van der Waals surface area contributed by atoms with Crippen LogP contribution >= 0.6 is 0 Å². The minimum Gasteiger partial charge on any atom is -0.478 e. The van der Waals surface area contributed by atoms with E-state index in [1.54, 1.807) is 24.3 Å². The Morgan fingerprint density at radius 1 is 1.17 bits per heavy atom. The lowest BCUT2D eigenvalue weighted by atomic mass is 9.65. The molecule has 1 aliphatic rings. The van der Waals surface area contributed by atoms with Crippen molar-refractivity contribution in [3.8, 4) is 11.3 Å². The van der Waals surface area contributed by atoms with Gasteiger partial charge in [-0.3, -0.25) is 4.98 Å². The summed E-state index contributed by atoms with van der Waals surface area (Å²) in [5, 5.41) is 20.4. The summed E-state index contributed by atoms with van der Waals surface area (Å²) in [7, 11) is 0. The molecule has 0 atom stereocenters. The molecule has 0 radical (unpaired) electrons. The molecule has 2 N–H and O–H groups in total. The number of rotatable bonds is 6. The number of hydrogen-bond acceptors (Lipinski definition) is 5. The lowest BCUT2D eigenvalue weighted by Gasteiger charge is -2.44. The summed E-state index contributed by atoms with van der Waals surface area (Å²) in [6.07, 6.45) is 0.919. The fourth-order valence-corrected chi connectivity index (χ4v) is 3.64. The second kappa shape index (κ2) is 7.54. The van der Waals surface area contributed by atoms with E-state index in [-0.39, 0.29) is 30.6 Å². The number of aromatic carboxylic acids is 1. The van der Waals surface area contributed by atoms with E-state index >= 15 is 0 Å². The van der Waals surface area contributed by atoms with Gasteiger partial charge >= 0.3 is 5.97 Å². The molecule has 2 aromatic heterocycles. The molecule has 0 amide bonds. The van der Waals surface area contributed by atoms with Gasteiger partial charge in [-0.1, -0.05) is 12.1 Å². The van der Waals surface area contributed by atoms with Gasteiger partial charge in [-0.15, -0.1) is 10.2 Å². The summed E-state index contributed by atoms with van der Waals surface area (Å²) in [4.78, 5) is 15.2. The van der Waals surface area contributed by atoms with Crippen LogP contribution in [0.1, 0.15) is 28.9 Å². The molecule has 1 saturated carbocycles. The molecule has 8 heteroatoms. The summed E-state index contributed by atoms with van der Waals surface area (Å²) < 4.78 is 27.8. The average molecular weight is 396 g/mol. The zero-order valence-electron chi connectivity index (χ0n) is 15.3. The van der Waals surface area contributed by atoms with Crippen LogP contribution in [-0.4, -0.2) is 39.0 Å². The zero-order chi connectivity index (χ0) is 20.4. The third kappa shape index (κ3) is 3.78. The maximum atomic E-state index is 14.2. The Kier molecular flexibility index (Phi) is 4.92. The van der Waals surface area contributed by atoms with E-state index in [9.17, 15) is 13.6 Å². The number of benzene rings is 1. The first-order valence-corrected chi connectivity index (χ1v) is 9.13. The lowest BCUT2D eigenvalue weighted by Crippen LogP contribution is -2.49. The molecule has 29 heavy (non-hydrogen) atoms. The van der Waals surface area contributed by atoms with Crippen molar-refractivity contribution in [3.05, 3.63) is 71.8 Å². The van der Waals surface area contributed by atoms with Crippen LogP contribution in [0.4, 0.5) is 14.6 Å². The molecular weight excluding hydrogens is 378 g/mol. The predicted octanol–water partition coefficient (Wildman–Crippen LogP) is 3.86. The molecule has 3 aromatic rings. The number of aromatic nitrogens is 3. The van der Waals surface area contributed by atoms with Crippen LogP contribution in [0, 0.1) is 5.82 Å². The number of hydrogen-bond donors (Lipinski definition) is 2. The second-order valence-electron chi connectivity index (χ2n) is 7.16. The van der Waals surface area contributed by atoms with Gasteiger partial charge in [0, 0.05) is 23.7 Å². The van der Waals surface area contributed by atoms with Crippen molar-refractivity contribution in [2.24, 2.45) is 0 Å². The van der Waals surface area contributed by atoms with E-state index in [0.717, 1.165) is 0 Å². The zero-order valence-corrected chi connectivity index (χ0v) is 15.3. The Labute approximate surface area is 165 Å². The van der Waals surface area contributed by atoms with E-state index in [2.05, 4.69) is 20.5 Å². The van der Waals surface area contributed by atoms with Crippen molar-refractivity contribution in [1.82, 2.24) is 15.2 Å². The van der Waals surface area contributed by atoms with Crippen LogP contribution in [0.2, 0.25) is 0 Å². The molecule has 6 nitrogen and oxygen atoms in total. The van der Waals surface area contributed by atoms with Crippen LogP contribution in [0.15, 0.2) is 54.7 Å². The number of nitrogens with one attached hydrogen (secondary N) is 1. The maximum Gasteiger partial charge on any atom is 0.335 e. The van der Waals surface area contributed by atoms with Gasteiger partial charge in [0.2, 0.25) is 0 Å². The Morgan fingerprint density at radius 2 is 2.00 bits per heavy atom. The maximum absolute atomic E-state index is 14.2. The number of nitrogens with zero attached hydrogens (tertiary/aromatic N) is 3. The smallest absolute Gasteiger partial charge is 0.335 e. The summed E-state index contributed by atoms with van der Waals surface area (Å²) in [5.41, 5.74) is 0.862. The Bertz CT molecular complexity index is 1040. The van der Waals surface area contributed by atoms with Crippen LogP contribution in [-0.2, 0) is 5.41 Å². The average Bonchev–Trinajstić information content (AvgIpc) is 2.71. The number of alkyl halides is 1. The van der Waals surface area contributed by atoms with Crippen molar-refractivity contribution in [2.45, 2.75) is 24.4 Å². The summed E-state index contributed by atoms with van der Waals surface area (Å²) in [5.74, 6) is -1.00. The van der Waals surface area contributed by atoms with E-state index in [4.69, 9.17) is 5.11 Å². The standard InChI is InChI=1S/C21H18F2N4O2/c22-15-10-21(11-15,19-16(23)5-2-8-24-19)12-25-18-7-6-17(26-27-18)13-3-1-4-14(9-13)20(28)29/h1-9,15H,10-12H2,(H,25,27)(H,28,29). The first-order valence-electron chi connectivity index (χ1n) is 9.13. The van der Waals surface area contributed by atoms with Crippen molar-refractivity contribution < 1.29 is 18.7 Å². The SMILES string of the molecule is O=C(O)c1cccc(-c2ccc(NCC3(c4ncccc4F)CC(F)C3)nn2)c1. The predicted molar refractivity (Wildman–Crippen MR) is 103 cm³/mol. The van der Waals surface area contributed by atoms with Crippen LogP contribution in [0.5, 0.6) is 0 Å². The molecule has 1 aromatic carbocycles. The summed E-state index contributed by atoms with van der Waals surface area (Å²) in [6.45, 7) is 0.282. The van der Waals surface area contributed by atoms with Crippen LogP contribution in [0.25, 0.3) is 11.3 Å². The van der Waals surface area contributed by atoms with Gasteiger partial charge < -0.3 is 10.4 Å². The van der Waals surface area contributed by atoms with Gasteiger partial charge in [-0.05, 0) is 49.2 Å². The van der Waals surface area contributed by atoms with Gasteiger partial charge in [0.1, 0.15) is 17.8 Å². The minimum atomic E-state index is -1.02. The highest BCUT2D eigenvalue weighted by Crippen LogP contribution is 2.45. The number of anilines is 1. The Morgan fingerprint density at radius 3 is 2.66 bits per heavy atom. The first-order chi connectivity index (χ1) is 14.0. The molecule has 2 heterocycles. The highest BCUT2D eigenvalue weighted by Gasteiger charge is 2.48. The van der Waals surface area contributed by atoms with Crippen molar-refractivity contribution in [1.29, 1.82) is 0 Å². The molecule has 4 rings (SSSR count). The van der Waals surface area contributed by atoms with E-state index in [1.165, 1.54) is 30.5 Å². The number of carboxylic acid groups (broad SMARTS) is 1. The minimum absolute atomic E-state index is 0.164. The highest BCUT2D eigenvalue weighted by atomic mass is 19.1. The van der Waals surface area contributed by atoms with Crippen LogP contribution in [0.3, 0.4) is 0 Å². The quantitative estimate of drug-likeness (QED) is 0.658.